The van der Waals surface area contributed by atoms with Crippen molar-refractivity contribution in [2.24, 2.45) is 11.3 Å². The van der Waals surface area contributed by atoms with Gasteiger partial charge in [0.1, 0.15) is 0 Å². The number of rotatable bonds is 0. The Labute approximate surface area is 63.4 Å². The Balaban J connectivity index is 2.49. The maximum atomic E-state index is 9.41. The summed E-state index contributed by atoms with van der Waals surface area (Å²) in [4.78, 5) is 0. The second-order valence-electron chi connectivity index (χ2n) is 4.45. The van der Waals surface area contributed by atoms with E-state index in [1.165, 1.54) is 12.8 Å². The lowest BCUT2D eigenvalue weighted by Gasteiger charge is -2.36. The number of aliphatic hydroxyl groups excluding tert-OH is 1. The highest BCUT2D eigenvalue weighted by molar-refractivity contribution is 4.82. The van der Waals surface area contributed by atoms with E-state index in [0.29, 0.717) is 11.3 Å². The molecule has 0 aromatic heterocycles. The van der Waals surface area contributed by atoms with E-state index in [0.717, 1.165) is 6.42 Å². The highest BCUT2D eigenvalue weighted by Crippen LogP contribution is 2.38. The Morgan fingerprint density at radius 1 is 1.40 bits per heavy atom. The fraction of sp³-hybridized carbons (Fsp3) is 1.00. The summed E-state index contributed by atoms with van der Waals surface area (Å²) >= 11 is 0. The summed E-state index contributed by atoms with van der Waals surface area (Å²) in [5.41, 5.74) is 0.471. The Kier molecular flexibility index (Phi) is 2.04. The molecule has 1 aliphatic carbocycles. The molecule has 2 atom stereocenters. The van der Waals surface area contributed by atoms with Gasteiger partial charge in [-0.05, 0) is 30.6 Å². The normalized spacial score (nSPS) is 39.6. The van der Waals surface area contributed by atoms with Crippen molar-refractivity contribution in [2.75, 3.05) is 0 Å². The van der Waals surface area contributed by atoms with Crippen LogP contribution in [0.25, 0.3) is 0 Å². The average molecular weight is 142 g/mol. The van der Waals surface area contributed by atoms with E-state index in [1.54, 1.807) is 0 Å². The SMILES string of the molecule is C[C@H]1CC(C)(C)CC[C@@H]1O. The molecule has 0 unspecified atom stereocenters. The van der Waals surface area contributed by atoms with Crippen molar-refractivity contribution in [3.8, 4) is 0 Å². The zero-order valence-electron chi connectivity index (χ0n) is 7.22. The van der Waals surface area contributed by atoms with Crippen molar-refractivity contribution in [2.45, 2.75) is 46.1 Å². The molecule has 0 spiro atoms. The second-order valence-corrected chi connectivity index (χ2v) is 4.45. The zero-order valence-corrected chi connectivity index (χ0v) is 7.22. The molecule has 1 rings (SSSR count). The summed E-state index contributed by atoms with van der Waals surface area (Å²) in [6.07, 6.45) is 3.31. The van der Waals surface area contributed by atoms with Crippen LogP contribution >= 0.6 is 0 Å². The Morgan fingerprint density at radius 2 is 2.00 bits per heavy atom. The van der Waals surface area contributed by atoms with Crippen LogP contribution in [0.15, 0.2) is 0 Å². The van der Waals surface area contributed by atoms with Gasteiger partial charge in [0.05, 0.1) is 6.10 Å². The maximum Gasteiger partial charge on any atom is 0.0566 e. The first-order valence-corrected chi connectivity index (χ1v) is 4.19. The van der Waals surface area contributed by atoms with Gasteiger partial charge < -0.3 is 5.11 Å². The quantitative estimate of drug-likeness (QED) is 0.549. The first-order chi connectivity index (χ1) is 4.51. The highest BCUT2D eigenvalue weighted by atomic mass is 16.3. The van der Waals surface area contributed by atoms with Crippen LogP contribution in [0.1, 0.15) is 40.0 Å². The third-order valence-corrected chi connectivity index (χ3v) is 2.65. The minimum absolute atomic E-state index is 0.0342. The maximum absolute atomic E-state index is 9.41. The smallest absolute Gasteiger partial charge is 0.0566 e. The number of hydrogen-bond donors (Lipinski definition) is 1. The molecule has 10 heavy (non-hydrogen) atoms. The van der Waals surface area contributed by atoms with Gasteiger partial charge in [0.25, 0.3) is 0 Å². The molecule has 0 saturated heterocycles. The summed E-state index contributed by atoms with van der Waals surface area (Å²) < 4.78 is 0. The largest absolute Gasteiger partial charge is 0.393 e. The van der Waals surface area contributed by atoms with Crippen molar-refractivity contribution in [1.29, 1.82) is 0 Å². The molecular formula is C9H18O. The summed E-state index contributed by atoms with van der Waals surface area (Å²) in [5.74, 6) is 0.503. The van der Waals surface area contributed by atoms with Gasteiger partial charge in [-0.2, -0.15) is 0 Å². The molecule has 1 nitrogen and oxygen atoms in total. The van der Waals surface area contributed by atoms with Gasteiger partial charge in [-0.1, -0.05) is 20.8 Å². The van der Waals surface area contributed by atoms with E-state index in [9.17, 15) is 5.11 Å². The van der Waals surface area contributed by atoms with Crippen LogP contribution in [0.3, 0.4) is 0 Å². The van der Waals surface area contributed by atoms with Gasteiger partial charge in [-0.3, -0.25) is 0 Å². The molecular weight excluding hydrogens is 124 g/mol. The van der Waals surface area contributed by atoms with Crippen molar-refractivity contribution in [3.63, 3.8) is 0 Å². The molecule has 0 heterocycles. The number of hydrogen-bond acceptors (Lipinski definition) is 1. The van der Waals surface area contributed by atoms with Gasteiger partial charge in [0, 0.05) is 0 Å². The van der Waals surface area contributed by atoms with Crippen LogP contribution in [-0.2, 0) is 0 Å². The molecule has 0 aromatic carbocycles. The molecule has 1 saturated carbocycles. The van der Waals surface area contributed by atoms with Gasteiger partial charge >= 0.3 is 0 Å². The molecule has 0 amide bonds. The zero-order chi connectivity index (χ0) is 7.78. The lowest BCUT2D eigenvalue weighted by molar-refractivity contribution is 0.0304. The van der Waals surface area contributed by atoms with Crippen molar-refractivity contribution >= 4 is 0 Å². The van der Waals surface area contributed by atoms with E-state index in [1.807, 2.05) is 0 Å². The average Bonchev–Trinajstić information content (AvgIpc) is 1.79. The van der Waals surface area contributed by atoms with Crippen molar-refractivity contribution in [3.05, 3.63) is 0 Å². The van der Waals surface area contributed by atoms with Crippen molar-refractivity contribution < 1.29 is 5.11 Å². The lowest BCUT2D eigenvalue weighted by Crippen LogP contribution is -2.31. The summed E-state index contributed by atoms with van der Waals surface area (Å²) in [7, 11) is 0. The Hall–Kier alpha value is -0.0400. The highest BCUT2D eigenvalue weighted by Gasteiger charge is 2.30. The molecule has 0 aromatic rings. The van der Waals surface area contributed by atoms with Crippen LogP contribution in [0, 0.1) is 11.3 Å². The summed E-state index contributed by atoms with van der Waals surface area (Å²) in [6, 6.07) is 0. The standard InChI is InChI=1S/C9H18O/c1-7-6-9(2,3)5-4-8(7)10/h7-8,10H,4-6H2,1-3H3/t7-,8-/m0/s1. The lowest BCUT2D eigenvalue weighted by atomic mass is 9.71. The first-order valence-electron chi connectivity index (χ1n) is 4.19. The fourth-order valence-corrected chi connectivity index (χ4v) is 1.93. The van der Waals surface area contributed by atoms with E-state index < -0.39 is 0 Å². The van der Waals surface area contributed by atoms with Crippen LogP contribution < -0.4 is 0 Å². The van der Waals surface area contributed by atoms with Crippen molar-refractivity contribution in [1.82, 2.24) is 0 Å². The fourth-order valence-electron chi connectivity index (χ4n) is 1.93. The van der Waals surface area contributed by atoms with Crippen LogP contribution in [0.5, 0.6) is 0 Å². The number of aliphatic hydroxyl groups is 1. The van der Waals surface area contributed by atoms with Gasteiger partial charge in [-0.25, -0.2) is 0 Å². The topological polar surface area (TPSA) is 20.2 Å². The van der Waals surface area contributed by atoms with Gasteiger partial charge in [-0.15, -0.1) is 0 Å². The van der Waals surface area contributed by atoms with Gasteiger partial charge in [0.15, 0.2) is 0 Å². The minimum atomic E-state index is -0.0342. The molecule has 1 N–H and O–H groups in total. The Bertz CT molecular complexity index is 118. The van der Waals surface area contributed by atoms with Crippen LogP contribution in [-0.4, -0.2) is 11.2 Å². The third kappa shape index (κ3) is 1.72. The summed E-state index contributed by atoms with van der Waals surface area (Å²) in [5, 5.41) is 9.41. The molecule has 60 valence electrons. The molecule has 1 heteroatoms. The summed E-state index contributed by atoms with van der Waals surface area (Å²) in [6.45, 7) is 6.72. The van der Waals surface area contributed by atoms with E-state index in [4.69, 9.17) is 0 Å². The predicted octanol–water partition coefficient (Wildman–Crippen LogP) is 2.19. The van der Waals surface area contributed by atoms with Crippen LogP contribution in [0.4, 0.5) is 0 Å². The molecule has 0 bridgehead atoms. The van der Waals surface area contributed by atoms with E-state index in [2.05, 4.69) is 20.8 Å². The minimum Gasteiger partial charge on any atom is -0.393 e. The molecule has 0 radical (unpaired) electrons. The van der Waals surface area contributed by atoms with E-state index >= 15 is 0 Å². The predicted molar refractivity (Wildman–Crippen MR) is 42.8 cm³/mol. The Morgan fingerprint density at radius 3 is 2.40 bits per heavy atom. The first kappa shape index (κ1) is 8.06. The molecule has 1 aliphatic rings. The van der Waals surface area contributed by atoms with Gasteiger partial charge in [0.2, 0.25) is 0 Å². The third-order valence-electron chi connectivity index (χ3n) is 2.65. The van der Waals surface area contributed by atoms with E-state index in [-0.39, 0.29) is 6.10 Å². The van der Waals surface area contributed by atoms with Crippen LogP contribution in [0.2, 0.25) is 0 Å². The molecule has 0 aliphatic heterocycles. The molecule has 1 fully saturated rings. The second kappa shape index (κ2) is 2.54. The monoisotopic (exact) mass is 142 g/mol.